The quantitative estimate of drug-likeness (QED) is 0.779. The number of hydrogen-bond acceptors (Lipinski definition) is 3. The van der Waals surface area contributed by atoms with Gasteiger partial charge in [0, 0.05) is 43.3 Å². The van der Waals surface area contributed by atoms with Crippen molar-refractivity contribution in [1.82, 2.24) is 9.80 Å². The predicted octanol–water partition coefficient (Wildman–Crippen LogP) is 3.40. The third-order valence-corrected chi connectivity index (χ3v) is 5.07. The molecule has 1 amide bonds. The molecule has 27 heavy (non-hydrogen) atoms. The monoisotopic (exact) mass is 393 g/mol. The van der Waals surface area contributed by atoms with Crippen molar-refractivity contribution in [2.45, 2.75) is 6.54 Å². The maximum Gasteiger partial charge on any atom is 0.236 e. The minimum absolute atomic E-state index is 0.0295. The molecule has 4 nitrogen and oxygen atoms in total. The maximum absolute atomic E-state index is 13.9. The highest BCUT2D eigenvalue weighted by atomic mass is 35.5. The van der Waals surface area contributed by atoms with Gasteiger partial charge >= 0.3 is 0 Å². The molecule has 0 atom stereocenters. The number of carbonyl (C=O) groups excluding carboxylic acids is 1. The van der Waals surface area contributed by atoms with Crippen molar-refractivity contribution in [3.05, 3.63) is 64.7 Å². The molecule has 1 heterocycles. The summed E-state index contributed by atoms with van der Waals surface area (Å²) in [4.78, 5) is 18.0. The third-order valence-electron chi connectivity index (χ3n) is 4.72. The minimum Gasteiger partial charge on any atom is -0.366 e. The van der Waals surface area contributed by atoms with E-state index in [9.17, 15) is 13.6 Å². The molecule has 1 aliphatic heterocycles. The van der Waals surface area contributed by atoms with E-state index in [0.29, 0.717) is 42.5 Å². The summed E-state index contributed by atoms with van der Waals surface area (Å²) in [6, 6.07) is 11.2. The molecular formula is C20H22ClF2N3O. The summed E-state index contributed by atoms with van der Waals surface area (Å²) in [6.45, 7) is 2.64. The van der Waals surface area contributed by atoms with Crippen LogP contribution in [0.3, 0.4) is 0 Å². The summed E-state index contributed by atoms with van der Waals surface area (Å²) >= 11 is 6.05. The van der Waals surface area contributed by atoms with E-state index in [1.165, 1.54) is 12.1 Å². The van der Waals surface area contributed by atoms with E-state index >= 15 is 0 Å². The molecule has 1 saturated heterocycles. The summed E-state index contributed by atoms with van der Waals surface area (Å²) < 4.78 is 27.8. The van der Waals surface area contributed by atoms with Gasteiger partial charge in [-0.2, -0.15) is 0 Å². The average Bonchev–Trinajstić information content (AvgIpc) is 2.65. The summed E-state index contributed by atoms with van der Waals surface area (Å²) in [5, 5.41) is 0.354. The van der Waals surface area contributed by atoms with Crippen LogP contribution in [0.25, 0.3) is 0 Å². The lowest BCUT2D eigenvalue weighted by Gasteiger charge is -2.36. The number of nitrogens with zero attached hydrogens (tertiary/aromatic N) is 3. The van der Waals surface area contributed by atoms with E-state index < -0.39 is 0 Å². The Morgan fingerprint density at radius 2 is 1.70 bits per heavy atom. The number of carbonyl (C=O) groups is 1. The number of hydrogen-bond donors (Lipinski definition) is 0. The molecule has 1 fully saturated rings. The highest BCUT2D eigenvalue weighted by molar-refractivity contribution is 6.31. The van der Waals surface area contributed by atoms with Gasteiger partial charge in [0.15, 0.2) is 0 Å². The van der Waals surface area contributed by atoms with E-state index in [4.69, 9.17) is 11.6 Å². The second-order valence-corrected chi connectivity index (χ2v) is 7.10. The molecule has 0 unspecified atom stereocenters. The number of rotatable bonds is 5. The average molecular weight is 394 g/mol. The molecule has 2 aromatic rings. The van der Waals surface area contributed by atoms with E-state index in [-0.39, 0.29) is 30.6 Å². The number of likely N-dealkylation sites (N-methyl/N-ethyl adjacent to an activating group) is 1. The SMILES string of the molecule is CN(CC(=O)N1CCN(c2ccccc2F)CC1)Cc1c(F)cccc1Cl. The first-order chi connectivity index (χ1) is 13.0. The maximum atomic E-state index is 13.9. The van der Waals surface area contributed by atoms with Crippen LogP contribution in [0.15, 0.2) is 42.5 Å². The molecule has 0 bridgehead atoms. The van der Waals surface area contributed by atoms with Gasteiger partial charge in [0.05, 0.1) is 12.2 Å². The van der Waals surface area contributed by atoms with E-state index in [1.54, 1.807) is 47.2 Å². The lowest BCUT2D eigenvalue weighted by Crippen LogP contribution is -2.51. The molecule has 0 radical (unpaired) electrons. The zero-order chi connectivity index (χ0) is 19.4. The van der Waals surface area contributed by atoms with E-state index in [2.05, 4.69) is 0 Å². The van der Waals surface area contributed by atoms with Gasteiger partial charge in [-0.05, 0) is 31.3 Å². The summed E-state index contributed by atoms with van der Waals surface area (Å²) in [7, 11) is 1.76. The number of halogens is 3. The van der Waals surface area contributed by atoms with Gasteiger partial charge in [-0.25, -0.2) is 8.78 Å². The summed E-state index contributed by atoms with van der Waals surface area (Å²) in [5.41, 5.74) is 0.953. The first kappa shape index (κ1) is 19.6. The molecule has 0 aliphatic carbocycles. The van der Waals surface area contributed by atoms with Crippen LogP contribution < -0.4 is 4.90 Å². The van der Waals surface area contributed by atoms with Crippen LogP contribution in [0, 0.1) is 11.6 Å². The van der Waals surface area contributed by atoms with Crippen molar-refractivity contribution < 1.29 is 13.6 Å². The van der Waals surface area contributed by atoms with E-state index in [1.807, 2.05) is 4.90 Å². The Morgan fingerprint density at radius 3 is 2.37 bits per heavy atom. The minimum atomic E-state index is -0.375. The molecule has 144 valence electrons. The Bertz CT molecular complexity index is 789. The molecule has 0 spiro atoms. The lowest BCUT2D eigenvalue weighted by molar-refractivity contribution is -0.132. The molecule has 0 N–H and O–H groups in total. The number of para-hydroxylation sites is 1. The zero-order valence-corrected chi connectivity index (χ0v) is 15.9. The fourth-order valence-corrected chi connectivity index (χ4v) is 3.47. The van der Waals surface area contributed by atoms with Crippen molar-refractivity contribution >= 4 is 23.2 Å². The molecule has 0 saturated carbocycles. The number of benzene rings is 2. The van der Waals surface area contributed by atoms with Gasteiger partial charge < -0.3 is 9.80 Å². The fourth-order valence-electron chi connectivity index (χ4n) is 3.25. The number of amides is 1. The van der Waals surface area contributed by atoms with Gasteiger partial charge in [0.25, 0.3) is 0 Å². The Hall–Kier alpha value is -2.18. The van der Waals surface area contributed by atoms with Crippen molar-refractivity contribution in [3.8, 4) is 0 Å². The third kappa shape index (κ3) is 4.76. The summed E-state index contributed by atoms with van der Waals surface area (Å²) in [5.74, 6) is -0.655. The van der Waals surface area contributed by atoms with Crippen LogP contribution in [0.5, 0.6) is 0 Å². The normalized spacial score (nSPS) is 14.7. The highest BCUT2D eigenvalue weighted by Crippen LogP contribution is 2.21. The van der Waals surface area contributed by atoms with Gasteiger partial charge in [-0.1, -0.05) is 29.8 Å². The van der Waals surface area contributed by atoms with Gasteiger partial charge in [-0.15, -0.1) is 0 Å². The van der Waals surface area contributed by atoms with Crippen LogP contribution in [0.4, 0.5) is 14.5 Å². The number of piperazine rings is 1. The summed E-state index contributed by atoms with van der Waals surface area (Å²) in [6.07, 6.45) is 0. The van der Waals surface area contributed by atoms with Crippen molar-refractivity contribution in [2.75, 3.05) is 44.7 Å². The molecule has 1 aliphatic rings. The largest absolute Gasteiger partial charge is 0.366 e. The topological polar surface area (TPSA) is 26.8 Å². The van der Waals surface area contributed by atoms with Crippen molar-refractivity contribution in [3.63, 3.8) is 0 Å². The lowest BCUT2D eigenvalue weighted by atomic mass is 10.2. The van der Waals surface area contributed by atoms with Crippen molar-refractivity contribution in [2.24, 2.45) is 0 Å². The van der Waals surface area contributed by atoms with Crippen LogP contribution >= 0.6 is 11.6 Å². The van der Waals surface area contributed by atoms with Crippen LogP contribution in [0.2, 0.25) is 5.02 Å². The second-order valence-electron chi connectivity index (χ2n) is 6.69. The molecule has 2 aromatic carbocycles. The Morgan fingerprint density at radius 1 is 1.04 bits per heavy atom. The molecule has 3 rings (SSSR count). The number of anilines is 1. The van der Waals surface area contributed by atoms with Crippen LogP contribution in [-0.4, -0.2) is 55.5 Å². The van der Waals surface area contributed by atoms with Crippen LogP contribution in [0.1, 0.15) is 5.56 Å². The smallest absolute Gasteiger partial charge is 0.236 e. The van der Waals surface area contributed by atoms with Crippen molar-refractivity contribution in [1.29, 1.82) is 0 Å². The Balaban J connectivity index is 1.53. The first-order valence-corrected chi connectivity index (χ1v) is 9.22. The first-order valence-electron chi connectivity index (χ1n) is 8.84. The van der Waals surface area contributed by atoms with E-state index in [0.717, 1.165) is 0 Å². The standard InChI is InChI=1S/C20H22ClF2N3O/c1-24(13-15-16(21)5-4-7-17(15)22)14-20(27)26-11-9-25(10-12-26)19-8-3-2-6-18(19)23/h2-8H,9-14H2,1H3. The van der Waals surface area contributed by atoms with Gasteiger partial charge in [-0.3, -0.25) is 9.69 Å². The molecule has 0 aromatic heterocycles. The molecule has 7 heteroatoms. The zero-order valence-electron chi connectivity index (χ0n) is 15.2. The Labute approximate surface area is 162 Å². The molecular weight excluding hydrogens is 372 g/mol. The Kier molecular flexibility index (Phi) is 6.29. The van der Waals surface area contributed by atoms with Gasteiger partial charge in [0.2, 0.25) is 5.91 Å². The fraction of sp³-hybridized carbons (Fsp3) is 0.350. The predicted molar refractivity (Wildman–Crippen MR) is 103 cm³/mol. The highest BCUT2D eigenvalue weighted by Gasteiger charge is 2.23. The van der Waals surface area contributed by atoms with Gasteiger partial charge in [0.1, 0.15) is 11.6 Å². The van der Waals surface area contributed by atoms with Crippen LogP contribution in [-0.2, 0) is 11.3 Å². The second kappa shape index (κ2) is 8.67.